The summed E-state index contributed by atoms with van der Waals surface area (Å²) in [6.45, 7) is 3.79. The molecule has 70 valence electrons. The standard InChI is InChI=1S/C11H14OS/c1-2-3-7-13-11-6-4-5-10(8-11)9-12/h2,4-6,8,12H,1,3,7,9H2. The minimum atomic E-state index is 0.121. The van der Waals surface area contributed by atoms with E-state index in [1.807, 2.05) is 24.3 Å². The first-order valence-electron chi connectivity index (χ1n) is 4.30. The quantitative estimate of drug-likeness (QED) is 0.442. The van der Waals surface area contributed by atoms with Gasteiger partial charge in [0.15, 0.2) is 0 Å². The fraction of sp³-hybridized carbons (Fsp3) is 0.273. The SMILES string of the molecule is C=CCCSc1cccc(CO)c1. The van der Waals surface area contributed by atoms with Crippen LogP contribution in [0.1, 0.15) is 12.0 Å². The van der Waals surface area contributed by atoms with Crippen molar-refractivity contribution in [3.63, 3.8) is 0 Å². The van der Waals surface area contributed by atoms with Gasteiger partial charge in [-0.15, -0.1) is 18.3 Å². The first-order chi connectivity index (χ1) is 6.36. The maximum Gasteiger partial charge on any atom is 0.0682 e. The van der Waals surface area contributed by atoms with Crippen LogP contribution < -0.4 is 0 Å². The Kier molecular flexibility index (Phi) is 4.65. The average molecular weight is 194 g/mol. The Morgan fingerprint density at radius 1 is 1.46 bits per heavy atom. The summed E-state index contributed by atoms with van der Waals surface area (Å²) in [5.74, 6) is 1.05. The fourth-order valence-electron chi connectivity index (χ4n) is 0.994. The molecular formula is C11H14OS. The zero-order valence-corrected chi connectivity index (χ0v) is 8.39. The van der Waals surface area contributed by atoms with Crippen LogP contribution in [0.25, 0.3) is 0 Å². The lowest BCUT2D eigenvalue weighted by molar-refractivity contribution is 0.281. The number of hydrogen-bond acceptors (Lipinski definition) is 2. The van der Waals surface area contributed by atoms with Crippen LogP contribution in [0.15, 0.2) is 41.8 Å². The van der Waals surface area contributed by atoms with Crippen molar-refractivity contribution in [2.75, 3.05) is 5.75 Å². The molecule has 1 aromatic rings. The zero-order chi connectivity index (χ0) is 9.52. The van der Waals surface area contributed by atoms with Crippen molar-refractivity contribution < 1.29 is 5.11 Å². The Hall–Kier alpha value is -0.730. The molecule has 0 spiro atoms. The fourth-order valence-corrected chi connectivity index (χ4v) is 1.92. The highest BCUT2D eigenvalue weighted by Gasteiger charge is 1.94. The van der Waals surface area contributed by atoms with E-state index in [1.54, 1.807) is 11.8 Å². The molecule has 0 aromatic heterocycles. The van der Waals surface area contributed by atoms with Crippen LogP contribution in [0.4, 0.5) is 0 Å². The van der Waals surface area contributed by atoms with E-state index in [9.17, 15) is 0 Å². The van der Waals surface area contributed by atoms with Crippen molar-refractivity contribution >= 4 is 11.8 Å². The summed E-state index contributed by atoms with van der Waals surface area (Å²) in [6, 6.07) is 7.99. The Bertz CT molecular complexity index is 271. The minimum Gasteiger partial charge on any atom is -0.392 e. The molecule has 0 radical (unpaired) electrons. The van der Waals surface area contributed by atoms with E-state index in [0.717, 1.165) is 17.7 Å². The maximum absolute atomic E-state index is 8.91. The maximum atomic E-state index is 8.91. The second-order valence-electron chi connectivity index (χ2n) is 2.73. The van der Waals surface area contributed by atoms with Crippen molar-refractivity contribution in [1.82, 2.24) is 0 Å². The van der Waals surface area contributed by atoms with Crippen LogP contribution in [-0.2, 0) is 6.61 Å². The number of rotatable bonds is 5. The largest absolute Gasteiger partial charge is 0.392 e. The molecule has 1 aromatic carbocycles. The second-order valence-corrected chi connectivity index (χ2v) is 3.90. The third kappa shape index (κ3) is 3.66. The van der Waals surface area contributed by atoms with Crippen molar-refractivity contribution in [2.24, 2.45) is 0 Å². The van der Waals surface area contributed by atoms with Gasteiger partial charge in [-0.25, -0.2) is 0 Å². The first kappa shape index (κ1) is 10.4. The molecule has 0 fully saturated rings. The Morgan fingerprint density at radius 2 is 2.31 bits per heavy atom. The molecule has 0 saturated carbocycles. The number of aliphatic hydroxyl groups excluding tert-OH is 1. The van der Waals surface area contributed by atoms with Crippen LogP contribution >= 0.6 is 11.8 Å². The highest BCUT2D eigenvalue weighted by atomic mass is 32.2. The van der Waals surface area contributed by atoms with Gasteiger partial charge >= 0.3 is 0 Å². The van der Waals surface area contributed by atoms with Crippen LogP contribution in [0.3, 0.4) is 0 Å². The topological polar surface area (TPSA) is 20.2 Å². The molecule has 0 bridgehead atoms. The average Bonchev–Trinajstić information content (AvgIpc) is 2.19. The Labute approximate surface area is 83.5 Å². The molecule has 13 heavy (non-hydrogen) atoms. The van der Waals surface area contributed by atoms with Gasteiger partial charge in [0, 0.05) is 10.6 Å². The number of hydrogen-bond donors (Lipinski definition) is 1. The van der Waals surface area contributed by atoms with E-state index >= 15 is 0 Å². The number of benzene rings is 1. The van der Waals surface area contributed by atoms with E-state index in [-0.39, 0.29) is 6.61 Å². The molecular weight excluding hydrogens is 180 g/mol. The molecule has 0 saturated heterocycles. The second kappa shape index (κ2) is 5.84. The Balaban J connectivity index is 2.50. The molecule has 0 atom stereocenters. The van der Waals surface area contributed by atoms with E-state index in [2.05, 4.69) is 12.6 Å². The van der Waals surface area contributed by atoms with Crippen molar-refractivity contribution in [1.29, 1.82) is 0 Å². The lowest BCUT2D eigenvalue weighted by atomic mass is 10.2. The van der Waals surface area contributed by atoms with E-state index < -0.39 is 0 Å². The van der Waals surface area contributed by atoms with Gasteiger partial charge in [-0.3, -0.25) is 0 Å². The van der Waals surface area contributed by atoms with Gasteiger partial charge in [-0.2, -0.15) is 0 Å². The first-order valence-corrected chi connectivity index (χ1v) is 5.29. The molecule has 0 aliphatic heterocycles. The van der Waals surface area contributed by atoms with E-state index in [4.69, 9.17) is 5.11 Å². The molecule has 0 heterocycles. The third-order valence-electron chi connectivity index (χ3n) is 1.67. The predicted molar refractivity (Wildman–Crippen MR) is 57.9 cm³/mol. The molecule has 0 unspecified atom stereocenters. The lowest BCUT2D eigenvalue weighted by Gasteiger charge is -2.01. The van der Waals surface area contributed by atoms with E-state index in [0.29, 0.717) is 0 Å². The van der Waals surface area contributed by atoms with Crippen molar-refractivity contribution in [2.45, 2.75) is 17.9 Å². The van der Waals surface area contributed by atoms with Crippen LogP contribution in [0.2, 0.25) is 0 Å². The van der Waals surface area contributed by atoms with E-state index in [1.165, 1.54) is 4.90 Å². The monoisotopic (exact) mass is 194 g/mol. The smallest absolute Gasteiger partial charge is 0.0682 e. The van der Waals surface area contributed by atoms with Gasteiger partial charge in [0.2, 0.25) is 0 Å². The predicted octanol–water partition coefficient (Wildman–Crippen LogP) is 2.85. The van der Waals surface area contributed by atoms with Gasteiger partial charge in [0.1, 0.15) is 0 Å². The normalized spacial score (nSPS) is 9.92. The molecule has 0 amide bonds. The summed E-state index contributed by atoms with van der Waals surface area (Å²) in [6.07, 6.45) is 2.94. The lowest BCUT2D eigenvalue weighted by Crippen LogP contribution is -1.83. The third-order valence-corrected chi connectivity index (χ3v) is 2.70. The number of allylic oxidation sites excluding steroid dienone is 1. The summed E-state index contributed by atoms with van der Waals surface area (Å²) in [5, 5.41) is 8.91. The van der Waals surface area contributed by atoms with Crippen molar-refractivity contribution in [3.05, 3.63) is 42.5 Å². The van der Waals surface area contributed by atoms with Gasteiger partial charge in [-0.05, 0) is 24.1 Å². The van der Waals surface area contributed by atoms with Gasteiger partial charge < -0.3 is 5.11 Å². The van der Waals surface area contributed by atoms with Gasteiger partial charge in [-0.1, -0.05) is 18.2 Å². The number of thioether (sulfide) groups is 1. The van der Waals surface area contributed by atoms with Crippen LogP contribution in [0.5, 0.6) is 0 Å². The van der Waals surface area contributed by atoms with Crippen LogP contribution in [-0.4, -0.2) is 10.9 Å². The molecule has 2 heteroatoms. The summed E-state index contributed by atoms with van der Waals surface area (Å²) in [7, 11) is 0. The van der Waals surface area contributed by atoms with Crippen molar-refractivity contribution in [3.8, 4) is 0 Å². The summed E-state index contributed by atoms with van der Waals surface area (Å²) >= 11 is 1.79. The molecule has 1 rings (SSSR count). The highest BCUT2D eigenvalue weighted by Crippen LogP contribution is 2.19. The summed E-state index contributed by atoms with van der Waals surface area (Å²) in [5.41, 5.74) is 0.976. The van der Waals surface area contributed by atoms with Gasteiger partial charge in [0.05, 0.1) is 6.61 Å². The van der Waals surface area contributed by atoms with Gasteiger partial charge in [0.25, 0.3) is 0 Å². The summed E-state index contributed by atoms with van der Waals surface area (Å²) < 4.78 is 0. The molecule has 1 N–H and O–H groups in total. The summed E-state index contributed by atoms with van der Waals surface area (Å²) in [4.78, 5) is 1.22. The molecule has 1 nitrogen and oxygen atoms in total. The molecule has 0 aliphatic carbocycles. The minimum absolute atomic E-state index is 0.121. The highest BCUT2D eigenvalue weighted by molar-refractivity contribution is 7.99. The Morgan fingerprint density at radius 3 is 3.00 bits per heavy atom. The zero-order valence-electron chi connectivity index (χ0n) is 7.57. The number of aliphatic hydroxyl groups is 1. The molecule has 0 aliphatic rings. The van der Waals surface area contributed by atoms with Crippen LogP contribution in [0, 0.1) is 0 Å².